The number of carbonyl (C=O) groups excluding carboxylic acids is 3. The predicted octanol–water partition coefficient (Wildman–Crippen LogP) is 1.63. The minimum atomic E-state index is -2.00. The van der Waals surface area contributed by atoms with Gasteiger partial charge in [0.15, 0.2) is 28.1 Å². The average molecular weight is 695 g/mol. The molecule has 6 atom stereocenters. The van der Waals surface area contributed by atoms with Crippen molar-refractivity contribution in [3.8, 4) is 17.2 Å². The number of aromatic hydroxyl groups is 2. The number of imidazole rings is 1. The number of nitrogens with one attached hydrogen (secondary N) is 2. The number of phenolic OH excluding ortho intramolecular Hbond substituents is 2. The van der Waals surface area contributed by atoms with Crippen LogP contribution >= 0.6 is 12.2 Å². The first-order valence-electron chi connectivity index (χ1n) is 15.2. The van der Waals surface area contributed by atoms with Crippen LogP contribution in [0.25, 0.3) is 11.2 Å². The fourth-order valence-corrected chi connectivity index (χ4v) is 6.78. The SMILES string of the molecule is COc1cccc2c1C(=O)c1c(O)c3c(c(O)c1C2=O)C[C@@](O)(C(C)=O)C[C@@H]3O[C@H]1C[C@H](N)[C@H](O)[C@H](C)O1.Nc1nc(=S)c2[nH]cnc2[nH]1. The third-order valence-electron chi connectivity index (χ3n) is 9.12. The van der Waals surface area contributed by atoms with E-state index in [2.05, 4.69) is 19.9 Å². The third-order valence-corrected chi connectivity index (χ3v) is 9.42. The number of methoxy groups -OCH3 is 1. The van der Waals surface area contributed by atoms with Gasteiger partial charge in [-0.25, -0.2) is 9.97 Å². The second kappa shape index (κ2) is 12.6. The number of hydrogen-bond donors (Lipinski definition) is 8. The van der Waals surface area contributed by atoms with E-state index < -0.39 is 82.6 Å². The van der Waals surface area contributed by atoms with Crippen LogP contribution in [0.1, 0.15) is 75.8 Å². The summed E-state index contributed by atoms with van der Waals surface area (Å²) >= 11 is 4.91. The van der Waals surface area contributed by atoms with E-state index in [1.54, 1.807) is 6.92 Å². The van der Waals surface area contributed by atoms with Gasteiger partial charge in [-0.05, 0) is 19.9 Å². The molecule has 0 unspecified atom stereocenters. The van der Waals surface area contributed by atoms with Crippen LogP contribution in [0, 0.1) is 4.64 Å². The Morgan fingerprint density at radius 1 is 1.16 bits per heavy atom. The molecule has 2 aromatic carbocycles. The highest BCUT2D eigenvalue weighted by Crippen LogP contribution is 2.52. The number of rotatable bonds is 4. The van der Waals surface area contributed by atoms with E-state index in [1.807, 2.05) is 0 Å². The summed E-state index contributed by atoms with van der Waals surface area (Å²) in [5, 5.41) is 44.1. The summed E-state index contributed by atoms with van der Waals surface area (Å²) in [5.41, 5.74) is 9.73. The summed E-state index contributed by atoms with van der Waals surface area (Å²) in [5.74, 6) is -2.89. The fourth-order valence-electron chi connectivity index (χ4n) is 6.53. The monoisotopic (exact) mass is 694 g/mol. The van der Waals surface area contributed by atoms with Gasteiger partial charge in [0.25, 0.3) is 0 Å². The van der Waals surface area contributed by atoms with Gasteiger partial charge >= 0.3 is 0 Å². The van der Waals surface area contributed by atoms with Crippen LogP contribution in [0.3, 0.4) is 0 Å². The van der Waals surface area contributed by atoms with Crippen molar-refractivity contribution in [2.24, 2.45) is 5.73 Å². The normalized spacial score (nSPS) is 25.9. The van der Waals surface area contributed by atoms with Crippen molar-refractivity contribution in [3.05, 3.63) is 62.5 Å². The molecular formula is C32H34N6O10S. The van der Waals surface area contributed by atoms with Gasteiger partial charge in [0.2, 0.25) is 11.7 Å². The maximum Gasteiger partial charge on any atom is 0.202 e. The highest BCUT2D eigenvalue weighted by molar-refractivity contribution is 7.71. The van der Waals surface area contributed by atoms with Gasteiger partial charge in [-0.15, -0.1) is 0 Å². The van der Waals surface area contributed by atoms with E-state index in [9.17, 15) is 34.8 Å². The number of ketones is 3. The molecule has 2 aliphatic carbocycles. The van der Waals surface area contributed by atoms with Crippen LogP contribution in [0.5, 0.6) is 17.2 Å². The number of phenols is 2. The number of aromatic nitrogens is 4. The van der Waals surface area contributed by atoms with Crippen molar-refractivity contribution < 1.29 is 49.0 Å². The summed E-state index contributed by atoms with van der Waals surface area (Å²) in [6.45, 7) is 2.79. The molecule has 258 valence electrons. The number of anilines is 1. The van der Waals surface area contributed by atoms with E-state index >= 15 is 0 Å². The second-order valence-corrected chi connectivity index (χ2v) is 12.6. The van der Waals surface area contributed by atoms with Crippen molar-refractivity contribution in [2.45, 2.75) is 69.4 Å². The molecule has 4 aromatic rings. The number of fused-ring (bicyclic) bond motifs is 4. The van der Waals surface area contributed by atoms with Crippen molar-refractivity contribution in [1.29, 1.82) is 0 Å². The number of Topliss-reactive ketones (excluding diaryl/α,β-unsaturated/α-hetero) is 1. The lowest BCUT2D eigenvalue weighted by atomic mass is 9.72. The first-order valence-corrected chi connectivity index (χ1v) is 15.6. The predicted molar refractivity (Wildman–Crippen MR) is 174 cm³/mol. The Bertz CT molecular complexity index is 2070. The van der Waals surface area contributed by atoms with E-state index in [-0.39, 0.29) is 46.8 Å². The number of nitrogens with zero attached hydrogens (tertiary/aromatic N) is 2. The molecule has 2 aromatic heterocycles. The molecule has 49 heavy (non-hydrogen) atoms. The largest absolute Gasteiger partial charge is 0.507 e. The van der Waals surface area contributed by atoms with Gasteiger partial charge in [-0.2, -0.15) is 0 Å². The Morgan fingerprint density at radius 3 is 2.55 bits per heavy atom. The molecule has 0 saturated carbocycles. The van der Waals surface area contributed by atoms with E-state index in [1.165, 1.54) is 38.6 Å². The first kappa shape index (κ1) is 34.1. The number of carbonyl (C=O) groups is 3. The molecule has 1 aliphatic heterocycles. The summed E-state index contributed by atoms with van der Waals surface area (Å²) in [6, 6.07) is 3.75. The first-order chi connectivity index (χ1) is 23.2. The zero-order valence-electron chi connectivity index (χ0n) is 26.5. The van der Waals surface area contributed by atoms with Crippen LogP contribution in [-0.2, 0) is 20.7 Å². The molecule has 0 bridgehead atoms. The van der Waals surface area contributed by atoms with Crippen molar-refractivity contribution in [3.63, 3.8) is 0 Å². The van der Waals surface area contributed by atoms with Crippen molar-refractivity contribution in [2.75, 3.05) is 12.8 Å². The smallest absolute Gasteiger partial charge is 0.202 e. The molecule has 16 nitrogen and oxygen atoms in total. The quantitative estimate of drug-likeness (QED) is 0.0981. The Hall–Kier alpha value is -4.78. The maximum absolute atomic E-state index is 13.6. The zero-order chi connectivity index (χ0) is 35.5. The Kier molecular flexibility index (Phi) is 8.76. The molecule has 1 saturated heterocycles. The lowest BCUT2D eigenvalue weighted by Crippen LogP contribution is -2.52. The lowest BCUT2D eigenvalue weighted by Gasteiger charge is -2.42. The van der Waals surface area contributed by atoms with E-state index in [0.717, 1.165) is 0 Å². The molecule has 10 N–H and O–H groups in total. The molecule has 3 heterocycles. The average Bonchev–Trinajstić information content (AvgIpc) is 3.53. The second-order valence-electron chi connectivity index (χ2n) is 12.2. The molecule has 3 aliphatic rings. The number of nitrogens with two attached hydrogens (primary N) is 2. The highest BCUT2D eigenvalue weighted by atomic mass is 32.1. The molecular weight excluding hydrogens is 660 g/mol. The molecule has 17 heteroatoms. The fraction of sp³-hybridized carbons (Fsp3) is 0.375. The minimum absolute atomic E-state index is 0.0147. The topological polar surface area (TPSA) is 269 Å². The maximum atomic E-state index is 13.6. The summed E-state index contributed by atoms with van der Waals surface area (Å²) in [7, 11) is 1.34. The van der Waals surface area contributed by atoms with Crippen LogP contribution < -0.4 is 16.2 Å². The van der Waals surface area contributed by atoms with Gasteiger partial charge in [0.05, 0.1) is 48.4 Å². The van der Waals surface area contributed by atoms with E-state index in [4.69, 9.17) is 37.9 Å². The number of aliphatic hydroxyl groups excluding tert-OH is 1. The highest BCUT2D eigenvalue weighted by Gasteiger charge is 2.49. The number of hydrogen-bond acceptors (Lipinski definition) is 15. The van der Waals surface area contributed by atoms with Crippen LogP contribution in [0.15, 0.2) is 24.5 Å². The van der Waals surface area contributed by atoms with Gasteiger partial charge in [-0.1, -0.05) is 24.4 Å². The van der Waals surface area contributed by atoms with Crippen molar-refractivity contribution in [1.82, 2.24) is 19.9 Å². The molecule has 1 fully saturated rings. The summed E-state index contributed by atoms with van der Waals surface area (Å²) < 4.78 is 17.5. The number of aromatic amines is 2. The van der Waals surface area contributed by atoms with Gasteiger partial charge < -0.3 is 56.1 Å². The van der Waals surface area contributed by atoms with Gasteiger partial charge in [0.1, 0.15) is 28.4 Å². The molecule has 0 spiro atoms. The Labute approximate surface area is 283 Å². The summed E-state index contributed by atoms with van der Waals surface area (Å²) in [4.78, 5) is 53.0. The third kappa shape index (κ3) is 5.73. The van der Waals surface area contributed by atoms with Crippen LogP contribution in [-0.4, -0.2) is 95.0 Å². The van der Waals surface area contributed by atoms with Gasteiger partial charge in [-0.3, -0.25) is 14.4 Å². The molecule has 7 rings (SSSR count). The minimum Gasteiger partial charge on any atom is -0.507 e. The Morgan fingerprint density at radius 2 is 1.88 bits per heavy atom. The number of H-pyrrole nitrogens is 2. The number of ether oxygens (including phenoxy) is 3. The number of nitrogen functional groups attached to an aromatic ring is 1. The molecule has 0 amide bonds. The Balaban J connectivity index is 0.000000319. The number of aliphatic hydroxyl groups is 2. The van der Waals surface area contributed by atoms with Crippen molar-refractivity contribution >= 4 is 46.7 Å². The molecule has 0 radical (unpaired) electrons. The number of benzene rings is 2. The zero-order valence-corrected chi connectivity index (χ0v) is 27.3. The lowest BCUT2D eigenvalue weighted by molar-refractivity contribution is -0.247. The summed E-state index contributed by atoms with van der Waals surface area (Å²) in [6.07, 6.45) is -2.99. The standard InChI is InChI=1S/C27H29NO10.C5H5N5S/c1-10-22(30)14(28)7-17(37-10)38-16-9-27(35,11(2)29)8-13-19(16)26(34)21-20(24(13)32)23(31)12-5-4-6-15(36-3)18(12)25(21)33;6-5-9-3-2(4(11)10-5)7-1-8-3/h4-6,10,14,16-17,22,30,32,34-35H,7-9,28H2,1-3H3;1H,(H4,6,7,8,9,10,11)/t10-,14-,16-,17-,22+,27-;/m0./s1. The van der Waals surface area contributed by atoms with Crippen LogP contribution in [0.2, 0.25) is 0 Å². The van der Waals surface area contributed by atoms with Crippen LogP contribution in [0.4, 0.5) is 5.95 Å². The van der Waals surface area contributed by atoms with E-state index in [0.29, 0.717) is 15.8 Å². The van der Waals surface area contributed by atoms with Gasteiger partial charge in [0, 0.05) is 42.0 Å².